The highest BCUT2D eigenvalue weighted by atomic mass is 16.5. The number of ether oxygens (including phenoxy) is 1. The van der Waals surface area contributed by atoms with Crippen molar-refractivity contribution in [1.82, 2.24) is 4.98 Å². The average Bonchev–Trinajstić information content (AvgIpc) is 2.71. The zero-order chi connectivity index (χ0) is 12.4. The quantitative estimate of drug-likeness (QED) is 0.821. The first-order chi connectivity index (χ1) is 8.13. The van der Waals surface area contributed by atoms with E-state index in [-0.39, 0.29) is 5.78 Å². The first-order valence-corrected chi connectivity index (χ1v) is 5.47. The number of rotatable bonds is 3. The van der Waals surface area contributed by atoms with Crippen molar-refractivity contribution in [3.8, 4) is 16.9 Å². The summed E-state index contributed by atoms with van der Waals surface area (Å²) in [5.74, 6) is 0.859. The number of carbonyl (C=O) groups is 1. The van der Waals surface area contributed by atoms with E-state index in [1.165, 1.54) is 0 Å². The smallest absolute Gasteiger partial charge is 0.162 e. The van der Waals surface area contributed by atoms with Crippen molar-refractivity contribution in [2.75, 3.05) is 7.11 Å². The van der Waals surface area contributed by atoms with Gasteiger partial charge >= 0.3 is 0 Å². The minimum atomic E-state index is 0.0709. The highest BCUT2D eigenvalue weighted by Gasteiger charge is 2.14. The van der Waals surface area contributed by atoms with Gasteiger partial charge in [-0.15, -0.1) is 0 Å². The van der Waals surface area contributed by atoms with Crippen LogP contribution in [-0.4, -0.2) is 17.9 Å². The van der Waals surface area contributed by atoms with Gasteiger partial charge in [0.05, 0.1) is 7.11 Å². The Bertz CT molecular complexity index is 555. The van der Waals surface area contributed by atoms with Gasteiger partial charge < -0.3 is 9.72 Å². The van der Waals surface area contributed by atoms with Gasteiger partial charge in [0.2, 0.25) is 0 Å². The molecule has 0 fully saturated rings. The average molecular weight is 229 g/mol. The van der Waals surface area contributed by atoms with Crippen molar-refractivity contribution in [3.05, 3.63) is 41.7 Å². The van der Waals surface area contributed by atoms with Gasteiger partial charge in [0.1, 0.15) is 5.75 Å². The minimum Gasteiger partial charge on any atom is -0.497 e. The molecule has 1 aromatic heterocycles. The molecule has 1 heterocycles. The Morgan fingerprint density at radius 1 is 1.35 bits per heavy atom. The maximum absolute atomic E-state index is 11.6. The van der Waals surface area contributed by atoms with Crippen LogP contribution in [0.2, 0.25) is 0 Å². The first-order valence-electron chi connectivity index (χ1n) is 5.47. The summed E-state index contributed by atoms with van der Waals surface area (Å²) in [5, 5.41) is 0. The molecule has 0 unspecified atom stereocenters. The van der Waals surface area contributed by atoms with Crippen LogP contribution in [0.1, 0.15) is 23.0 Å². The fourth-order valence-corrected chi connectivity index (χ4v) is 2.00. The van der Waals surface area contributed by atoms with E-state index >= 15 is 0 Å². The van der Waals surface area contributed by atoms with Gasteiger partial charge in [-0.25, -0.2) is 0 Å². The molecular formula is C14H15NO2. The van der Waals surface area contributed by atoms with Crippen LogP contribution in [0.5, 0.6) is 5.75 Å². The van der Waals surface area contributed by atoms with Gasteiger partial charge in [0, 0.05) is 23.0 Å². The Balaban J connectivity index is 2.56. The molecule has 0 aliphatic rings. The SMILES string of the molecule is COc1cccc(-c2c[nH]c(C)c2C(C)=O)c1. The molecule has 0 aliphatic heterocycles. The largest absolute Gasteiger partial charge is 0.497 e. The third kappa shape index (κ3) is 2.09. The maximum atomic E-state index is 11.6. The summed E-state index contributed by atoms with van der Waals surface area (Å²) in [6, 6.07) is 7.70. The van der Waals surface area contributed by atoms with Crippen molar-refractivity contribution in [2.24, 2.45) is 0 Å². The van der Waals surface area contributed by atoms with Crippen LogP contribution >= 0.6 is 0 Å². The second kappa shape index (κ2) is 4.45. The monoisotopic (exact) mass is 229 g/mol. The lowest BCUT2D eigenvalue weighted by atomic mass is 10.0. The molecule has 2 aromatic rings. The predicted octanol–water partition coefficient (Wildman–Crippen LogP) is 3.20. The number of hydrogen-bond donors (Lipinski definition) is 1. The molecule has 1 aromatic carbocycles. The second-order valence-corrected chi connectivity index (χ2v) is 3.99. The minimum absolute atomic E-state index is 0.0709. The van der Waals surface area contributed by atoms with Gasteiger partial charge in [-0.1, -0.05) is 12.1 Å². The van der Waals surface area contributed by atoms with Gasteiger partial charge in [-0.05, 0) is 31.5 Å². The summed E-state index contributed by atoms with van der Waals surface area (Å²) in [7, 11) is 1.63. The molecule has 1 N–H and O–H groups in total. The molecule has 0 spiro atoms. The fraction of sp³-hybridized carbons (Fsp3) is 0.214. The Hall–Kier alpha value is -2.03. The molecule has 0 aliphatic carbocycles. The number of aryl methyl sites for hydroxylation is 1. The van der Waals surface area contributed by atoms with Gasteiger partial charge in [-0.2, -0.15) is 0 Å². The van der Waals surface area contributed by atoms with Crippen LogP contribution < -0.4 is 4.74 Å². The van der Waals surface area contributed by atoms with Crippen molar-refractivity contribution in [2.45, 2.75) is 13.8 Å². The number of aromatic amines is 1. The van der Waals surface area contributed by atoms with E-state index < -0.39 is 0 Å². The van der Waals surface area contributed by atoms with E-state index in [4.69, 9.17) is 4.74 Å². The topological polar surface area (TPSA) is 42.1 Å². The normalized spacial score (nSPS) is 10.3. The standard InChI is InChI=1S/C14H15NO2/c1-9-14(10(2)16)13(8-15-9)11-5-4-6-12(7-11)17-3/h4-8,15H,1-3H3. The Labute approximate surface area is 100 Å². The number of H-pyrrole nitrogens is 1. The number of methoxy groups -OCH3 is 1. The van der Waals surface area contributed by atoms with Gasteiger partial charge in [-0.3, -0.25) is 4.79 Å². The van der Waals surface area contributed by atoms with E-state index in [0.29, 0.717) is 0 Å². The Morgan fingerprint density at radius 2 is 2.12 bits per heavy atom. The number of aromatic nitrogens is 1. The molecule has 0 radical (unpaired) electrons. The second-order valence-electron chi connectivity index (χ2n) is 3.99. The first kappa shape index (κ1) is 11.5. The lowest BCUT2D eigenvalue weighted by molar-refractivity contribution is 0.101. The third-order valence-corrected chi connectivity index (χ3v) is 2.81. The van der Waals surface area contributed by atoms with E-state index in [1.54, 1.807) is 14.0 Å². The molecule has 3 nitrogen and oxygen atoms in total. The number of ketones is 1. The number of benzene rings is 1. The Kier molecular flexibility index (Phi) is 3.00. The number of hydrogen-bond acceptors (Lipinski definition) is 2. The molecule has 0 atom stereocenters. The third-order valence-electron chi connectivity index (χ3n) is 2.81. The van der Waals surface area contributed by atoms with Crippen molar-refractivity contribution < 1.29 is 9.53 Å². The predicted molar refractivity (Wildman–Crippen MR) is 67.5 cm³/mol. The van der Waals surface area contributed by atoms with Crippen molar-refractivity contribution >= 4 is 5.78 Å². The maximum Gasteiger partial charge on any atom is 0.162 e. The number of Topliss-reactive ketones (excluding diaryl/α,β-unsaturated/α-hetero) is 1. The number of carbonyl (C=O) groups excluding carboxylic acids is 1. The molecule has 0 bridgehead atoms. The summed E-state index contributed by atoms with van der Waals surface area (Å²) in [4.78, 5) is 14.7. The molecule has 2 rings (SSSR count). The molecule has 0 saturated heterocycles. The van der Waals surface area contributed by atoms with Crippen LogP contribution in [0.25, 0.3) is 11.1 Å². The van der Waals surface area contributed by atoms with Crippen LogP contribution in [-0.2, 0) is 0 Å². The molecule has 0 saturated carbocycles. The van der Waals surface area contributed by atoms with Crippen LogP contribution in [0.3, 0.4) is 0 Å². The summed E-state index contributed by atoms with van der Waals surface area (Å²) in [5.41, 5.74) is 3.56. The molecular weight excluding hydrogens is 214 g/mol. The molecule has 17 heavy (non-hydrogen) atoms. The molecule has 3 heteroatoms. The van der Waals surface area contributed by atoms with Gasteiger partial charge in [0.25, 0.3) is 0 Å². The van der Waals surface area contributed by atoms with E-state index in [2.05, 4.69) is 4.98 Å². The van der Waals surface area contributed by atoms with Crippen LogP contribution in [0, 0.1) is 6.92 Å². The van der Waals surface area contributed by atoms with Gasteiger partial charge in [0.15, 0.2) is 5.78 Å². The lowest BCUT2D eigenvalue weighted by Crippen LogP contribution is -1.95. The van der Waals surface area contributed by atoms with Crippen molar-refractivity contribution in [1.29, 1.82) is 0 Å². The molecule has 88 valence electrons. The molecule has 0 amide bonds. The highest BCUT2D eigenvalue weighted by Crippen LogP contribution is 2.28. The summed E-state index contributed by atoms with van der Waals surface area (Å²) in [6.07, 6.45) is 1.86. The van der Waals surface area contributed by atoms with E-state index in [0.717, 1.165) is 28.1 Å². The van der Waals surface area contributed by atoms with Crippen molar-refractivity contribution in [3.63, 3.8) is 0 Å². The fourth-order valence-electron chi connectivity index (χ4n) is 2.00. The zero-order valence-corrected chi connectivity index (χ0v) is 10.2. The number of nitrogens with one attached hydrogen (secondary N) is 1. The Morgan fingerprint density at radius 3 is 2.76 bits per heavy atom. The highest BCUT2D eigenvalue weighted by molar-refractivity contribution is 6.02. The summed E-state index contributed by atoms with van der Waals surface area (Å²) < 4.78 is 5.19. The lowest BCUT2D eigenvalue weighted by Gasteiger charge is -2.05. The van der Waals surface area contributed by atoms with Crippen LogP contribution in [0.4, 0.5) is 0 Å². The summed E-state index contributed by atoms with van der Waals surface area (Å²) in [6.45, 7) is 3.49. The summed E-state index contributed by atoms with van der Waals surface area (Å²) >= 11 is 0. The van der Waals surface area contributed by atoms with E-state index in [1.807, 2.05) is 37.4 Å². The zero-order valence-electron chi connectivity index (χ0n) is 10.2. The van der Waals surface area contributed by atoms with E-state index in [9.17, 15) is 4.79 Å². The van der Waals surface area contributed by atoms with Crippen LogP contribution in [0.15, 0.2) is 30.5 Å².